The number of hydrogen-bond donors (Lipinski definition) is 0. The minimum absolute atomic E-state index is 0.325. The summed E-state index contributed by atoms with van der Waals surface area (Å²) in [6, 6.07) is 10.7. The standard InChI is InChI=1S/C14H19N3O/c1-16-9-10-17(11-13(16)7-8-15)12-3-5-14(18-2)6-4-12/h3-6,13H,7,9-11H2,1-2H3. The van der Waals surface area contributed by atoms with Gasteiger partial charge in [0.15, 0.2) is 0 Å². The van der Waals surface area contributed by atoms with Crippen LogP contribution in [-0.4, -0.2) is 44.7 Å². The lowest BCUT2D eigenvalue weighted by atomic mass is 10.1. The van der Waals surface area contributed by atoms with Gasteiger partial charge in [-0.1, -0.05) is 0 Å². The van der Waals surface area contributed by atoms with Crippen LogP contribution in [0.4, 0.5) is 5.69 Å². The fourth-order valence-corrected chi connectivity index (χ4v) is 2.30. The van der Waals surface area contributed by atoms with Crippen LogP contribution >= 0.6 is 0 Å². The van der Waals surface area contributed by atoms with E-state index in [2.05, 4.69) is 35.0 Å². The average molecular weight is 245 g/mol. The van der Waals surface area contributed by atoms with Crippen LogP contribution in [0.15, 0.2) is 24.3 Å². The second-order valence-corrected chi connectivity index (χ2v) is 4.64. The van der Waals surface area contributed by atoms with E-state index >= 15 is 0 Å². The number of rotatable bonds is 3. The van der Waals surface area contributed by atoms with Gasteiger partial charge in [-0.25, -0.2) is 0 Å². The maximum Gasteiger partial charge on any atom is 0.119 e. The molecule has 0 spiro atoms. The summed E-state index contributed by atoms with van der Waals surface area (Å²) < 4.78 is 5.16. The maximum atomic E-state index is 8.85. The Kier molecular flexibility index (Phi) is 4.06. The molecule has 4 nitrogen and oxygen atoms in total. The van der Waals surface area contributed by atoms with Crippen molar-refractivity contribution in [3.05, 3.63) is 24.3 Å². The van der Waals surface area contributed by atoms with Gasteiger partial charge >= 0.3 is 0 Å². The highest BCUT2D eigenvalue weighted by Gasteiger charge is 2.24. The molecular weight excluding hydrogens is 226 g/mol. The van der Waals surface area contributed by atoms with Gasteiger partial charge in [0.05, 0.1) is 19.6 Å². The summed E-state index contributed by atoms with van der Waals surface area (Å²) in [6.45, 7) is 2.92. The molecule has 0 amide bonds. The fraction of sp³-hybridized carbons (Fsp3) is 0.500. The number of methoxy groups -OCH3 is 1. The van der Waals surface area contributed by atoms with Gasteiger partial charge in [-0.15, -0.1) is 0 Å². The van der Waals surface area contributed by atoms with Crippen LogP contribution in [0, 0.1) is 11.3 Å². The zero-order chi connectivity index (χ0) is 13.0. The fourth-order valence-electron chi connectivity index (χ4n) is 2.30. The van der Waals surface area contributed by atoms with Gasteiger partial charge in [-0.2, -0.15) is 5.26 Å². The molecule has 0 aromatic heterocycles. The first-order valence-electron chi connectivity index (χ1n) is 6.21. The Hall–Kier alpha value is -1.73. The molecule has 0 saturated carbocycles. The first-order chi connectivity index (χ1) is 8.74. The van der Waals surface area contributed by atoms with E-state index in [-0.39, 0.29) is 0 Å². The zero-order valence-corrected chi connectivity index (χ0v) is 11.0. The number of nitriles is 1. The normalized spacial score (nSPS) is 20.5. The number of benzene rings is 1. The van der Waals surface area contributed by atoms with Crippen LogP contribution in [-0.2, 0) is 0 Å². The van der Waals surface area contributed by atoms with Crippen molar-refractivity contribution in [2.24, 2.45) is 0 Å². The molecular formula is C14H19N3O. The Morgan fingerprint density at radius 1 is 1.33 bits per heavy atom. The first-order valence-corrected chi connectivity index (χ1v) is 6.21. The quantitative estimate of drug-likeness (QED) is 0.813. The molecule has 96 valence electrons. The van der Waals surface area contributed by atoms with E-state index in [1.165, 1.54) is 5.69 Å². The Morgan fingerprint density at radius 3 is 2.67 bits per heavy atom. The van der Waals surface area contributed by atoms with Gasteiger partial charge < -0.3 is 9.64 Å². The van der Waals surface area contributed by atoms with E-state index in [1.54, 1.807) is 7.11 Å². The van der Waals surface area contributed by atoms with Gasteiger partial charge in [-0.3, -0.25) is 4.90 Å². The predicted molar refractivity (Wildman–Crippen MR) is 71.9 cm³/mol. The summed E-state index contributed by atoms with van der Waals surface area (Å²) in [6.07, 6.45) is 0.586. The third kappa shape index (κ3) is 2.74. The summed E-state index contributed by atoms with van der Waals surface area (Å²) in [5.41, 5.74) is 1.20. The van der Waals surface area contributed by atoms with Gasteiger partial charge in [0.2, 0.25) is 0 Å². The molecule has 1 aromatic rings. The highest BCUT2D eigenvalue weighted by Crippen LogP contribution is 2.22. The minimum atomic E-state index is 0.325. The Labute approximate surface area is 108 Å². The monoisotopic (exact) mass is 245 g/mol. The molecule has 0 radical (unpaired) electrons. The zero-order valence-electron chi connectivity index (χ0n) is 11.0. The lowest BCUT2D eigenvalue weighted by molar-refractivity contribution is 0.221. The summed E-state index contributed by atoms with van der Waals surface area (Å²) in [5, 5.41) is 8.85. The van der Waals surface area contributed by atoms with Gasteiger partial charge in [0, 0.05) is 31.4 Å². The summed E-state index contributed by atoms with van der Waals surface area (Å²) >= 11 is 0. The lowest BCUT2D eigenvalue weighted by Crippen LogP contribution is -2.51. The highest BCUT2D eigenvalue weighted by molar-refractivity contribution is 5.49. The lowest BCUT2D eigenvalue weighted by Gasteiger charge is -2.39. The first kappa shape index (κ1) is 12.7. The molecule has 1 fully saturated rings. The summed E-state index contributed by atoms with van der Waals surface area (Å²) in [7, 11) is 3.77. The third-order valence-corrected chi connectivity index (χ3v) is 3.54. The smallest absolute Gasteiger partial charge is 0.119 e. The van der Waals surface area contributed by atoms with Crippen molar-refractivity contribution in [1.82, 2.24) is 4.90 Å². The molecule has 1 unspecified atom stereocenters. The van der Waals surface area contributed by atoms with Crippen molar-refractivity contribution in [1.29, 1.82) is 5.26 Å². The largest absolute Gasteiger partial charge is 0.497 e. The second kappa shape index (κ2) is 5.74. The number of ether oxygens (including phenoxy) is 1. The van der Waals surface area contributed by atoms with Crippen LogP contribution in [0.2, 0.25) is 0 Å². The molecule has 1 saturated heterocycles. The molecule has 1 heterocycles. The van der Waals surface area contributed by atoms with E-state index in [1.807, 2.05) is 12.1 Å². The maximum absolute atomic E-state index is 8.85. The number of likely N-dealkylation sites (N-methyl/N-ethyl adjacent to an activating group) is 1. The van der Waals surface area contributed by atoms with Crippen LogP contribution in [0.25, 0.3) is 0 Å². The van der Waals surface area contributed by atoms with Crippen LogP contribution in [0.5, 0.6) is 5.75 Å². The molecule has 1 aromatic carbocycles. The van der Waals surface area contributed by atoms with E-state index in [4.69, 9.17) is 10.00 Å². The van der Waals surface area contributed by atoms with Crippen molar-refractivity contribution in [3.63, 3.8) is 0 Å². The molecule has 0 aliphatic carbocycles. The molecule has 1 aliphatic rings. The Balaban J connectivity index is 2.06. The SMILES string of the molecule is COc1ccc(N2CCN(C)C(CC#N)C2)cc1. The molecule has 2 rings (SSSR count). The van der Waals surface area contributed by atoms with Crippen molar-refractivity contribution in [2.75, 3.05) is 38.7 Å². The average Bonchev–Trinajstić information content (AvgIpc) is 2.42. The van der Waals surface area contributed by atoms with Crippen LogP contribution in [0.1, 0.15) is 6.42 Å². The molecule has 0 N–H and O–H groups in total. The number of nitrogens with zero attached hydrogens (tertiary/aromatic N) is 3. The summed E-state index contributed by atoms with van der Waals surface area (Å²) in [4.78, 5) is 4.60. The van der Waals surface area contributed by atoms with Crippen molar-refractivity contribution >= 4 is 5.69 Å². The van der Waals surface area contributed by atoms with E-state index in [9.17, 15) is 0 Å². The number of piperazine rings is 1. The third-order valence-electron chi connectivity index (χ3n) is 3.54. The van der Waals surface area contributed by atoms with Gasteiger partial charge in [0.25, 0.3) is 0 Å². The van der Waals surface area contributed by atoms with Gasteiger partial charge in [0.1, 0.15) is 5.75 Å². The molecule has 0 bridgehead atoms. The second-order valence-electron chi connectivity index (χ2n) is 4.64. The van der Waals surface area contributed by atoms with E-state index < -0.39 is 0 Å². The molecule has 1 aliphatic heterocycles. The van der Waals surface area contributed by atoms with Gasteiger partial charge in [-0.05, 0) is 31.3 Å². The Bertz CT molecular complexity index is 424. The van der Waals surface area contributed by atoms with Crippen molar-refractivity contribution in [2.45, 2.75) is 12.5 Å². The summed E-state index contributed by atoms with van der Waals surface area (Å²) in [5.74, 6) is 0.876. The van der Waals surface area contributed by atoms with Crippen LogP contribution in [0.3, 0.4) is 0 Å². The van der Waals surface area contributed by atoms with Crippen LogP contribution < -0.4 is 9.64 Å². The topological polar surface area (TPSA) is 39.5 Å². The van der Waals surface area contributed by atoms with E-state index in [0.717, 1.165) is 25.4 Å². The number of anilines is 1. The van der Waals surface area contributed by atoms with E-state index in [0.29, 0.717) is 12.5 Å². The van der Waals surface area contributed by atoms with Crippen molar-refractivity contribution < 1.29 is 4.74 Å². The predicted octanol–water partition coefficient (Wildman–Crippen LogP) is 1.73. The highest BCUT2D eigenvalue weighted by atomic mass is 16.5. The minimum Gasteiger partial charge on any atom is -0.497 e. The number of hydrogen-bond acceptors (Lipinski definition) is 4. The molecule has 18 heavy (non-hydrogen) atoms. The molecule has 4 heteroatoms. The van der Waals surface area contributed by atoms with Crippen molar-refractivity contribution in [3.8, 4) is 11.8 Å². The Morgan fingerprint density at radius 2 is 2.06 bits per heavy atom. The molecule has 1 atom stereocenters.